The van der Waals surface area contributed by atoms with Crippen LogP contribution in [0.5, 0.6) is 0 Å². The molecule has 1 unspecified atom stereocenters. The van der Waals surface area contributed by atoms with Gasteiger partial charge in [-0.3, -0.25) is 4.99 Å². The van der Waals surface area contributed by atoms with Crippen LogP contribution >= 0.6 is 8.25 Å². The highest BCUT2D eigenvalue weighted by Gasteiger charge is 2.12. The molecule has 17 heavy (non-hydrogen) atoms. The number of unbranched alkanes of at least 4 members (excludes halogenated alkanes) is 1. The lowest BCUT2D eigenvalue weighted by Crippen LogP contribution is -2.10. The van der Waals surface area contributed by atoms with Gasteiger partial charge in [-0.15, -0.1) is 9.42 Å². The molecule has 0 spiro atoms. The number of hydrogen-bond donors (Lipinski definition) is 1. The molecule has 1 N–H and O–H groups in total. The molecule has 1 atom stereocenters. The standard InChI is InChI=1S/C8H14NO3P.C4H10/c10-13(11)12-7-6-9-8-4-2-1-3-5-8;1-3-4-2/h6,8H,1-5,7H2;3-4H2,1-2H3/p+1. The normalized spacial score (nSPS) is 17.7. The van der Waals surface area contributed by atoms with E-state index in [0.717, 1.165) is 12.8 Å². The molecule has 4 nitrogen and oxygen atoms in total. The second-order valence-electron chi connectivity index (χ2n) is 4.16. The Morgan fingerprint density at radius 2 is 1.88 bits per heavy atom. The summed E-state index contributed by atoms with van der Waals surface area (Å²) in [5, 5.41) is 0. The Kier molecular flexibility index (Phi) is 11.9. The molecule has 0 bridgehead atoms. The van der Waals surface area contributed by atoms with E-state index in [9.17, 15) is 4.57 Å². The Bertz CT molecular complexity index is 214. The Morgan fingerprint density at radius 1 is 1.29 bits per heavy atom. The maximum absolute atomic E-state index is 10.1. The topological polar surface area (TPSA) is 58.9 Å². The van der Waals surface area contributed by atoms with Crippen molar-refractivity contribution in [2.45, 2.75) is 64.8 Å². The molecule has 0 aromatic rings. The van der Waals surface area contributed by atoms with Crippen LogP contribution in [0.15, 0.2) is 4.99 Å². The molecule has 0 amide bonds. The van der Waals surface area contributed by atoms with E-state index in [2.05, 4.69) is 23.4 Å². The summed E-state index contributed by atoms with van der Waals surface area (Å²) in [6.07, 6.45) is 10.3. The lowest BCUT2D eigenvalue weighted by atomic mass is 9.96. The lowest BCUT2D eigenvalue weighted by Gasteiger charge is -2.16. The Hall–Kier alpha value is -0.310. The maximum Gasteiger partial charge on any atom is 0.695 e. The average molecular weight is 262 g/mol. The minimum atomic E-state index is -2.47. The fourth-order valence-electron chi connectivity index (χ4n) is 1.52. The van der Waals surface area contributed by atoms with E-state index in [0.29, 0.717) is 6.04 Å². The van der Waals surface area contributed by atoms with Gasteiger partial charge in [0.05, 0.1) is 0 Å². The predicted octanol–water partition coefficient (Wildman–Crippen LogP) is 3.86. The van der Waals surface area contributed by atoms with Gasteiger partial charge in [-0.25, -0.2) is 0 Å². The van der Waals surface area contributed by atoms with E-state index in [-0.39, 0.29) is 6.61 Å². The van der Waals surface area contributed by atoms with Crippen molar-refractivity contribution in [3.05, 3.63) is 0 Å². The molecule has 1 aliphatic rings. The summed E-state index contributed by atoms with van der Waals surface area (Å²) >= 11 is 0. The van der Waals surface area contributed by atoms with Crippen LogP contribution in [0.25, 0.3) is 0 Å². The minimum Gasteiger partial charge on any atom is -0.292 e. The first kappa shape index (κ1) is 16.7. The number of rotatable bonds is 5. The Balaban J connectivity index is 0.000000557. The smallest absolute Gasteiger partial charge is 0.292 e. The first-order valence-corrected chi connectivity index (χ1v) is 7.64. The summed E-state index contributed by atoms with van der Waals surface area (Å²) in [6.45, 7) is 4.50. The van der Waals surface area contributed by atoms with Crippen molar-refractivity contribution in [2.75, 3.05) is 6.61 Å². The minimum absolute atomic E-state index is 0.141. The van der Waals surface area contributed by atoms with Gasteiger partial charge in [-0.2, -0.15) is 0 Å². The van der Waals surface area contributed by atoms with E-state index in [4.69, 9.17) is 4.89 Å². The molecular weight excluding hydrogens is 237 g/mol. The van der Waals surface area contributed by atoms with Gasteiger partial charge < -0.3 is 0 Å². The van der Waals surface area contributed by atoms with Crippen LogP contribution in [0, 0.1) is 0 Å². The molecule has 1 aliphatic carbocycles. The first-order chi connectivity index (χ1) is 8.20. The van der Waals surface area contributed by atoms with Crippen LogP contribution in [0.1, 0.15) is 58.8 Å². The monoisotopic (exact) mass is 262 g/mol. The van der Waals surface area contributed by atoms with Crippen molar-refractivity contribution in [3.8, 4) is 0 Å². The summed E-state index contributed by atoms with van der Waals surface area (Å²) < 4.78 is 14.6. The zero-order chi connectivity index (χ0) is 12.9. The highest BCUT2D eigenvalue weighted by Crippen LogP contribution is 2.20. The van der Waals surface area contributed by atoms with Crippen LogP contribution in [-0.4, -0.2) is 23.8 Å². The van der Waals surface area contributed by atoms with Crippen molar-refractivity contribution < 1.29 is 14.0 Å². The van der Waals surface area contributed by atoms with E-state index in [1.54, 1.807) is 6.21 Å². The molecule has 0 radical (unpaired) electrons. The van der Waals surface area contributed by atoms with Gasteiger partial charge in [0.15, 0.2) is 0 Å². The van der Waals surface area contributed by atoms with Gasteiger partial charge >= 0.3 is 8.25 Å². The lowest BCUT2D eigenvalue weighted by molar-refractivity contribution is 0.322. The van der Waals surface area contributed by atoms with Crippen LogP contribution < -0.4 is 0 Å². The molecule has 0 heterocycles. The summed E-state index contributed by atoms with van der Waals surface area (Å²) in [5.74, 6) is 0. The summed E-state index contributed by atoms with van der Waals surface area (Å²) in [4.78, 5) is 12.6. The van der Waals surface area contributed by atoms with E-state index < -0.39 is 8.25 Å². The number of nitrogens with zero attached hydrogens (tertiary/aromatic N) is 1. The van der Waals surface area contributed by atoms with Crippen LogP contribution in [-0.2, 0) is 9.09 Å². The zero-order valence-electron chi connectivity index (χ0n) is 11.0. The van der Waals surface area contributed by atoms with Crippen molar-refractivity contribution in [2.24, 2.45) is 4.99 Å². The predicted molar refractivity (Wildman–Crippen MR) is 71.7 cm³/mol. The molecule has 0 aromatic heterocycles. The van der Waals surface area contributed by atoms with Gasteiger partial charge in [-0.1, -0.05) is 46.0 Å². The highest BCUT2D eigenvalue weighted by molar-refractivity contribution is 7.32. The second kappa shape index (κ2) is 12.2. The van der Waals surface area contributed by atoms with Crippen molar-refractivity contribution in [3.63, 3.8) is 0 Å². The molecule has 1 rings (SSSR count). The summed E-state index contributed by atoms with van der Waals surface area (Å²) in [7, 11) is -2.47. The fraction of sp³-hybridized carbons (Fsp3) is 0.917. The molecule has 0 aliphatic heterocycles. The van der Waals surface area contributed by atoms with Gasteiger partial charge in [0.1, 0.15) is 6.61 Å². The van der Waals surface area contributed by atoms with Gasteiger partial charge in [-0.05, 0) is 12.8 Å². The van der Waals surface area contributed by atoms with E-state index in [1.807, 2.05) is 0 Å². The van der Waals surface area contributed by atoms with Crippen LogP contribution in [0.2, 0.25) is 0 Å². The molecule has 1 saturated carbocycles. The molecule has 1 fully saturated rings. The van der Waals surface area contributed by atoms with Gasteiger partial charge in [0.25, 0.3) is 0 Å². The second-order valence-corrected chi connectivity index (χ2v) is 4.89. The highest BCUT2D eigenvalue weighted by atomic mass is 31.1. The third kappa shape index (κ3) is 11.9. The van der Waals surface area contributed by atoms with E-state index >= 15 is 0 Å². The number of aliphatic imine (C=N–C) groups is 1. The molecule has 100 valence electrons. The van der Waals surface area contributed by atoms with Gasteiger partial charge in [0, 0.05) is 16.8 Å². The molecule has 5 heteroatoms. The maximum atomic E-state index is 10.1. The third-order valence-electron chi connectivity index (χ3n) is 2.65. The molecular formula is C12H25NO3P+. The van der Waals surface area contributed by atoms with E-state index in [1.165, 1.54) is 32.1 Å². The summed E-state index contributed by atoms with van der Waals surface area (Å²) in [6, 6.07) is 0.411. The SMILES string of the molecule is CCCC.O=[P+](O)OCC=NC1CCCCC1. The van der Waals surface area contributed by atoms with Crippen molar-refractivity contribution >= 4 is 14.5 Å². The van der Waals surface area contributed by atoms with Crippen molar-refractivity contribution in [1.29, 1.82) is 0 Å². The quantitative estimate of drug-likeness (QED) is 0.604. The zero-order valence-corrected chi connectivity index (χ0v) is 11.9. The molecule has 0 saturated heterocycles. The Morgan fingerprint density at radius 3 is 2.35 bits per heavy atom. The van der Waals surface area contributed by atoms with Crippen LogP contribution in [0.4, 0.5) is 0 Å². The molecule has 0 aromatic carbocycles. The van der Waals surface area contributed by atoms with Gasteiger partial charge in [0.2, 0.25) is 0 Å². The largest absolute Gasteiger partial charge is 0.695 e. The average Bonchev–Trinajstić information content (AvgIpc) is 2.36. The first-order valence-electron chi connectivity index (χ1n) is 6.51. The summed E-state index contributed by atoms with van der Waals surface area (Å²) in [5.41, 5.74) is 0. The van der Waals surface area contributed by atoms with Crippen LogP contribution in [0.3, 0.4) is 0 Å². The fourth-order valence-corrected chi connectivity index (χ4v) is 1.71. The van der Waals surface area contributed by atoms with Crippen molar-refractivity contribution in [1.82, 2.24) is 0 Å². The Labute approximate surface area is 105 Å². The number of hydrogen-bond acceptors (Lipinski definition) is 3. The third-order valence-corrected chi connectivity index (χ3v) is 3.02.